The van der Waals surface area contributed by atoms with Gasteiger partial charge in [0.05, 0.1) is 11.3 Å². The van der Waals surface area contributed by atoms with Gasteiger partial charge in [-0.15, -0.1) is 0 Å². The number of aromatic nitrogens is 2. The molecule has 5 heteroatoms. The Morgan fingerprint density at radius 1 is 1.11 bits per heavy atom. The fraction of sp³-hybridized carbons (Fsp3) is 0.318. The van der Waals surface area contributed by atoms with Crippen LogP contribution in [0.5, 0.6) is 5.75 Å². The molecule has 1 unspecified atom stereocenters. The smallest absolute Gasteiger partial charge is 0.617 e. The number of nitrogens with zero attached hydrogens (tertiary/aromatic N) is 2. The standard InChI is InChI=1S/C22H24N2O2.Al/c1-16(17-7-6-8-18(15-17)22(2,3)26)11-12-19-13-14-24(23-19)20-9-4-5-10-21(20)25;/h4-10,13-14,16,25H,11-12H2,1-3H3;/q-1;+2/p-1. The first-order valence-electron chi connectivity index (χ1n) is 9.64. The maximum atomic E-state index is 6.60. The van der Waals surface area contributed by atoms with E-state index in [1.165, 1.54) is 15.6 Å². The first-order chi connectivity index (χ1) is 13.0. The highest BCUT2D eigenvalue weighted by atomic mass is 27.2. The van der Waals surface area contributed by atoms with Crippen molar-refractivity contribution >= 4 is 19.2 Å². The molecule has 27 heavy (non-hydrogen) atoms. The van der Waals surface area contributed by atoms with E-state index < -0.39 is 14.8 Å². The lowest BCUT2D eigenvalue weighted by atomic mass is 9.90. The summed E-state index contributed by atoms with van der Waals surface area (Å²) >= 11 is -2.09. The summed E-state index contributed by atoms with van der Waals surface area (Å²) in [6, 6.07) is 16.9. The van der Waals surface area contributed by atoms with Crippen molar-refractivity contribution < 1.29 is 7.58 Å². The maximum absolute atomic E-state index is 6.60. The fourth-order valence-corrected chi connectivity index (χ4v) is 7.01. The van der Waals surface area contributed by atoms with Gasteiger partial charge in [0, 0.05) is 6.20 Å². The van der Waals surface area contributed by atoms with Gasteiger partial charge in [-0.05, 0) is 60.8 Å². The minimum atomic E-state index is -2.09. The highest BCUT2D eigenvalue weighted by molar-refractivity contribution is 6.64. The van der Waals surface area contributed by atoms with Crippen molar-refractivity contribution in [3.05, 3.63) is 71.5 Å². The van der Waals surface area contributed by atoms with Crippen LogP contribution in [0.3, 0.4) is 0 Å². The molecule has 2 aliphatic heterocycles. The van der Waals surface area contributed by atoms with Gasteiger partial charge in [-0.25, -0.2) is 4.68 Å². The second-order valence-electron chi connectivity index (χ2n) is 8.05. The number of hydrogen-bond acceptors (Lipinski definition) is 3. The number of rotatable bonds is 0. The zero-order chi connectivity index (χ0) is 18.6. The van der Waals surface area contributed by atoms with E-state index in [-0.39, 0.29) is 5.60 Å². The summed E-state index contributed by atoms with van der Waals surface area (Å²) in [4.78, 5) is 0. The Kier molecular flexibility index (Phi) is 3.94. The van der Waals surface area contributed by atoms with Crippen molar-refractivity contribution in [1.82, 2.24) is 9.78 Å². The van der Waals surface area contributed by atoms with E-state index in [2.05, 4.69) is 51.1 Å². The summed E-state index contributed by atoms with van der Waals surface area (Å²) in [5.41, 5.74) is 4.45. The fourth-order valence-electron chi connectivity index (χ4n) is 4.28. The molecule has 0 amide bonds. The third-order valence-electron chi connectivity index (χ3n) is 5.78. The van der Waals surface area contributed by atoms with Crippen LogP contribution in [0.15, 0.2) is 54.7 Å². The molecule has 2 aromatic carbocycles. The van der Waals surface area contributed by atoms with E-state index in [1.54, 1.807) is 0 Å². The van der Waals surface area contributed by atoms with Crippen LogP contribution in [0.2, 0.25) is 0 Å². The Bertz CT molecular complexity index is 1010. The topological polar surface area (TPSA) is 36.3 Å². The summed E-state index contributed by atoms with van der Waals surface area (Å²) in [5, 5.41) is 4.78. The average Bonchev–Trinajstić information content (AvgIpc) is 3.22. The molecule has 3 heterocycles. The van der Waals surface area contributed by atoms with E-state index in [0.29, 0.717) is 5.92 Å². The van der Waals surface area contributed by atoms with Crippen molar-refractivity contribution in [2.24, 2.45) is 0 Å². The summed E-state index contributed by atoms with van der Waals surface area (Å²) in [6.07, 6.45) is 4.06. The van der Waals surface area contributed by atoms with Crippen LogP contribution in [0.1, 0.15) is 49.9 Å². The Morgan fingerprint density at radius 3 is 2.85 bits per heavy atom. The second kappa shape index (κ2) is 6.24. The molecule has 0 radical (unpaired) electrons. The quantitative estimate of drug-likeness (QED) is 0.559. The predicted octanol–water partition coefficient (Wildman–Crippen LogP) is 3.96. The van der Waals surface area contributed by atoms with Gasteiger partial charge in [0.2, 0.25) is 0 Å². The Balaban J connectivity index is 1.70. The number of fused-ring (bicyclic) bond motifs is 4. The summed E-state index contributed by atoms with van der Waals surface area (Å²) in [5.74, 6) is 1.28. The van der Waals surface area contributed by atoms with Gasteiger partial charge in [0.15, 0.2) is 0 Å². The molecule has 0 saturated carbocycles. The third kappa shape index (κ3) is 2.82. The molecule has 0 N–H and O–H groups in total. The monoisotopic (exact) mass is 374 g/mol. The SMILES string of the molecule is CC1CCc2ccn(n2)-c2ccccc2[O][Al]2[O]C(C)(C)c3cccc1[c]32. The maximum Gasteiger partial charge on any atom is 0.810 e. The first kappa shape index (κ1) is 17.1. The lowest BCUT2D eigenvalue weighted by Crippen LogP contribution is -2.39. The lowest BCUT2D eigenvalue weighted by Gasteiger charge is -2.22. The molecule has 2 bridgehead atoms. The first-order valence-corrected chi connectivity index (χ1v) is 11.2. The van der Waals surface area contributed by atoms with Crippen molar-refractivity contribution in [1.29, 1.82) is 0 Å². The van der Waals surface area contributed by atoms with Crippen molar-refractivity contribution in [2.75, 3.05) is 0 Å². The summed E-state index contributed by atoms with van der Waals surface area (Å²) in [6.45, 7) is 6.61. The molecule has 0 fully saturated rings. The Morgan fingerprint density at radius 2 is 1.96 bits per heavy atom. The van der Waals surface area contributed by atoms with Crippen LogP contribution in [0.4, 0.5) is 0 Å². The van der Waals surface area contributed by atoms with E-state index in [0.717, 1.165) is 30.0 Å². The number of benzene rings is 2. The van der Waals surface area contributed by atoms with E-state index in [4.69, 9.17) is 12.7 Å². The van der Waals surface area contributed by atoms with Gasteiger partial charge < -0.3 is 7.58 Å². The molecule has 0 saturated heterocycles. The summed E-state index contributed by atoms with van der Waals surface area (Å²) in [7, 11) is 0. The average molecular weight is 374 g/mol. The molecule has 1 atom stereocenters. The van der Waals surface area contributed by atoms with Crippen molar-refractivity contribution in [2.45, 2.75) is 45.1 Å². The normalized spacial score (nSPS) is 20.1. The zero-order valence-electron chi connectivity index (χ0n) is 16.0. The third-order valence-corrected chi connectivity index (χ3v) is 8.17. The van der Waals surface area contributed by atoms with Gasteiger partial charge >= 0.3 is 14.8 Å². The lowest BCUT2D eigenvalue weighted by molar-refractivity contribution is 0.103. The molecule has 0 aliphatic carbocycles. The summed E-state index contributed by atoms with van der Waals surface area (Å²) < 4.78 is 16.4. The number of hydrogen-bond donors (Lipinski definition) is 0. The largest absolute Gasteiger partial charge is 0.810 e. The van der Waals surface area contributed by atoms with Gasteiger partial charge in [0.25, 0.3) is 0 Å². The van der Waals surface area contributed by atoms with Crippen LogP contribution in [0, 0.1) is 0 Å². The van der Waals surface area contributed by atoms with Crippen LogP contribution in [-0.4, -0.2) is 24.6 Å². The Hall–Kier alpha value is -2.06. The van der Waals surface area contributed by atoms with E-state index >= 15 is 0 Å². The minimum Gasteiger partial charge on any atom is -0.617 e. The Labute approximate surface area is 164 Å². The molecule has 1 aromatic heterocycles. The number of aryl methyl sites for hydroxylation is 1. The van der Waals surface area contributed by atoms with E-state index in [9.17, 15) is 0 Å². The van der Waals surface area contributed by atoms with Crippen LogP contribution in [0.25, 0.3) is 5.69 Å². The van der Waals surface area contributed by atoms with Crippen LogP contribution in [-0.2, 0) is 15.8 Å². The molecule has 136 valence electrons. The molecule has 3 aromatic rings. The molecule has 4 nitrogen and oxygen atoms in total. The molecule has 5 rings (SSSR count). The van der Waals surface area contributed by atoms with Crippen molar-refractivity contribution in [3.8, 4) is 11.4 Å². The van der Waals surface area contributed by atoms with Crippen LogP contribution < -0.4 is 8.21 Å². The molecular formula is C22H23AlN2O2. The molecule has 0 spiro atoms. The minimum absolute atomic E-state index is 0.310. The van der Waals surface area contributed by atoms with Gasteiger partial charge in [-0.3, -0.25) is 0 Å². The zero-order valence-corrected chi connectivity index (χ0v) is 17.1. The highest BCUT2D eigenvalue weighted by Crippen LogP contribution is 2.36. The van der Waals surface area contributed by atoms with Gasteiger partial charge in [-0.1, -0.05) is 42.8 Å². The van der Waals surface area contributed by atoms with Gasteiger partial charge in [0.1, 0.15) is 11.4 Å². The molecule has 2 aliphatic rings. The van der Waals surface area contributed by atoms with Crippen molar-refractivity contribution in [3.63, 3.8) is 0 Å². The second-order valence-corrected chi connectivity index (χ2v) is 9.76. The highest BCUT2D eigenvalue weighted by Gasteiger charge is 2.50. The van der Waals surface area contributed by atoms with Gasteiger partial charge in [-0.2, -0.15) is 5.10 Å². The van der Waals surface area contributed by atoms with E-state index in [1.807, 2.05) is 29.1 Å². The number of para-hydroxylation sites is 2. The van der Waals surface area contributed by atoms with Crippen LogP contribution >= 0.6 is 0 Å². The predicted molar refractivity (Wildman–Crippen MR) is 107 cm³/mol. The molecular weight excluding hydrogens is 351 g/mol.